The van der Waals surface area contributed by atoms with Crippen LogP contribution < -0.4 is 10.5 Å². The number of anilines is 1. The molecule has 1 heterocycles. The van der Waals surface area contributed by atoms with E-state index in [1.807, 2.05) is 42.5 Å². The van der Waals surface area contributed by atoms with Gasteiger partial charge in [-0.3, -0.25) is 0 Å². The smallest absolute Gasteiger partial charge is 0.219 e. The molecule has 20 heavy (non-hydrogen) atoms. The molecule has 0 bridgehead atoms. The Bertz CT molecular complexity index is 606. The van der Waals surface area contributed by atoms with Crippen molar-refractivity contribution in [1.82, 2.24) is 9.97 Å². The van der Waals surface area contributed by atoms with E-state index < -0.39 is 0 Å². The Hall–Kier alpha value is -2.36. The van der Waals surface area contributed by atoms with Crippen LogP contribution in [0.5, 0.6) is 5.88 Å². The van der Waals surface area contributed by atoms with Gasteiger partial charge in [0.2, 0.25) is 5.88 Å². The van der Waals surface area contributed by atoms with Crippen molar-refractivity contribution in [2.24, 2.45) is 0 Å². The molecule has 1 aromatic heterocycles. The lowest BCUT2D eigenvalue weighted by Crippen LogP contribution is -2.03. The largest absolute Gasteiger partial charge is 0.473 e. The maximum Gasteiger partial charge on any atom is 0.219 e. The standard InChI is InChI=1S/C16H17N3O/c17-14-11-15(19-16(18-14)13-8-9-13)20-10-4-7-12-5-2-1-3-6-12/h1-7,11,13H,8-10H2,(H2,17,18,19)/b7-4+. The summed E-state index contributed by atoms with van der Waals surface area (Å²) >= 11 is 0. The molecule has 1 saturated carbocycles. The predicted octanol–water partition coefficient (Wildman–Crippen LogP) is 3.03. The molecule has 1 aliphatic carbocycles. The maximum absolute atomic E-state index is 5.77. The summed E-state index contributed by atoms with van der Waals surface area (Å²) in [6.45, 7) is 0.468. The highest BCUT2D eigenvalue weighted by Crippen LogP contribution is 2.38. The molecule has 0 saturated heterocycles. The molecule has 0 spiro atoms. The third kappa shape index (κ3) is 3.35. The summed E-state index contributed by atoms with van der Waals surface area (Å²) in [6.07, 6.45) is 6.28. The maximum atomic E-state index is 5.77. The van der Waals surface area contributed by atoms with Crippen molar-refractivity contribution >= 4 is 11.9 Å². The first-order valence-corrected chi connectivity index (χ1v) is 6.80. The van der Waals surface area contributed by atoms with Crippen molar-refractivity contribution in [1.29, 1.82) is 0 Å². The van der Waals surface area contributed by atoms with E-state index in [0.717, 1.165) is 24.2 Å². The third-order valence-electron chi connectivity index (χ3n) is 3.12. The monoisotopic (exact) mass is 267 g/mol. The van der Waals surface area contributed by atoms with Gasteiger partial charge in [-0.1, -0.05) is 36.4 Å². The first-order chi connectivity index (χ1) is 9.81. The summed E-state index contributed by atoms with van der Waals surface area (Å²) in [6, 6.07) is 11.8. The second kappa shape index (κ2) is 5.74. The van der Waals surface area contributed by atoms with E-state index in [1.54, 1.807) is 6.07 Å². The van der Waals surface area contributed by atoms with Crippen LogP contribution in [0.25, 0.3) is 6.08 Å². The molecule has 1 fully saturated rings. The van der Waals surface area contributed by atoms with Crippen LogP contribution in [0.1, 0.15) is 30.1 Å². The molecule has 1 aromatic carbocycles. The van der Waals surface area contributed by atoms with E-state index in [0.29, 0.717) is 24.2 Å². The van der Waals surface area contributed by atoms with Crippen molar-refractivity contribution in [2.45, 2.75) is 18.8 Å². The fourth-order valence-corrected chi connectivity index (χ4v) is 1.94. The van der Waals surface area contributed by atoms with Crippen LogP contribution in [0.4, 0.5) is 5.82 Å². The van der Waals surface area contributed by atoms with Gasteiger partial charge < -0.3 is 10.5 Å². The zero-order valence-corrected chi connectivity index (χ0v) is 11.2. The minimum Gasteiger partial charge on any atom is -0.473 e. The number of ether oxygens (including phenoxy) is 1. The number of benzene rings is 1. The molecule has 1 aliphatic rings. The van der Waals surface area contributed by atoms with Gasteiger partial charge in [0.1, 0.15) is 18.2 Å². The third-order valence-corrected chi connectivity index (χ3v) is 3.12. The molecule has 2 N–H and O–H groups in total. The van der Waals surface area contributed by atoms with Gasteiger partial charge in [0.05, 0.1) is 0 Å². The highest BCUT2D eigenvalue weighted by molar-refractivity contribution is 5.48. The minimum atomic E-state index is 0.468. The highest BCUT2D eigenvalue weighted by atomic mass is 16.5. The Balaban J connectivity index is 1.59. The summed E-state index contributed by atoms with van der Waals surface area (Å²) in [5.74, 6) is 2.31. The second-order valence-electron chi connectivity index (χ2n) is 4.89. The van der Waals surface area contributed by atoms with Crippen LogP contribution in [0, 0.1) is 0 Å². The Kier molecular flexibility index (Phi) is 3.63. The Morgan fingerprint density at radius 1 is 1.20 bits per heavy atom. The normalized spacial score (nSPS) is 14.6. The minimum absolute atomic E-state index is 0.468. The van der Waals surface area contributed by atoms with Gasteiger partial charge in [-0.05, 0) is 24.5 Å². The van der Waals surface area contributed by atoms with E-state index >= 15 is 0 Å². The molecule has 0 amide bonds. The fourth-order valence-electron chi connectivity index (χ4n) is 1.94. The summed E-state index contributed by atoms with van der Waals surface area (Å²) < 4.78 is 5.61. The van der Waals surface area contributed by atoms with Gasteiger partial charge in [0, 0.05) is 12.0 Å². The molecule has 102 valence electrons. The first-order valence-electron chi connectivity index (χ1n) is 6.80. The van der Waals surface area contributed by atoms with Crippen molar-refractivity contribution in [2.75, 3.05) is 12.3 Å². The van der Waals surface area contributed by atoms with E-state index in [9.17, 15) is 0 Å². The zero-order chi connectivity index (χ0) is 13.8. The summed E-state index contributed by atoms with van der Waals surface area (Å²) in [7, 11) is 0. The number of aromatic nitrogens is 2. The van der Waals surface area contributed by atoms with Gasteiger partial charge in [0.15, 0.2) is 0 Å². The Morgan fingerprint density at radius 2 is 2.00 bits per heavy atom. The molecule has 0 radical (unpaired) electrons. The quantitative estimate of drug-likeness (QED) is 0.904. The van der Waals surface area contributed by atoms with Gasteiger partial charge in [0.25, 0.3) is 0 Å². The van der Waals surface area contributed by atoms with E-state index in [1.165, 1.54) is 0 Å². The van der Waals surface area contributed by atoms with Crippen molar-refractivity contribution < 1.29 is 4.74 Å². The van der Waals surface area contributed by atoms with Crippen LogP contribution >= 0.6 is 0 Å². The number of hydrogen-bond donors (Lipinski definition) is 1. The molecular formula is C16H17N3O. The first kappa shape index (κ1) is 12.7. The summed E-state index contributed by atoms with van der Waals surface area (Å²) in [5, 5.41) is 0. The van der Waals surface area contributed by atoms with Crippen molar-refractivity contribution in [3.8, 4) is 5.88 Å². The highest BCUT2D eigenvalue weighted by Gasteiger charge is 2.27. The van der Waals surface area contributed by atoms with Crippen LogP contribution in [0.15, 0.2) is 42.5 Å². The second-order valence-corrected chi connectivity index (χ2v) is 4.89. The molecule has 4 heteroatoms. The lowest BCUT2D eigenvalue weighted by molar-refractivity contribution is 0.347. The molecule has 0 unspecified atom stereocenters. The van der Waals surface area contributed by atoms with Gasteiger partial charge in [-0.15, -0.1) is 0 Å². The van der Waals surface area contributed by atoms with Gasteiger partial charge in [-0.2, -0.15) is 4.98 Å². The lowest BCUT2D eigenvalue weighted by Gasteiger charge is -2.05. The Labute approximate surface area is 118 Å². The van der Waals surface area contributed by atoms with E-state index in [4.69, 9.17) is 10.5 Å². The molecule has 0 aliphatic heterocycles. The van der Waals surface area contributed by atoms with Crippen LogP contribution in [-0.2, 0) is 0 Å². The lowest BCUT2D eigenvalue weighted by atomic mass is 10.2. The number of nitrogens with two attached hydrogens (primary N) is 1. The average molecular weight is 267 g/mol. The average Bonchev–Trinajstić information content (AvgIpc) is 3.29. The molecule has 3 rings (SSSR count). The van der Waals surface area contributed by atoms with E-state index in [2.05, 4.69) is 9.97 Å². The molecule has 2 aromatic rings. The van der Waals surface area contributed by atoms with E-state index in [-0.39, 0.29) is 0 Å². The van der Waals surface area contributed by atoms with Crippen LogP contribution in [0.2, 0.25) is 0 Å². The zero-order valence-electron chi connectivity index (χ0n) is 11.2. The topological polar surface area (TPSA) is 61.0 Å². The molecule has 4 nitrogen and oxygen atoms in total. The predicted molar refractivity (Wildman–Crippen MR) is 79.4 cm³/mol. The van der Waals surface area contributed by atoms with Crippen LogP contribution in [-0.4, -0.2) is 16.6 Å². The molecule has 0 atom stereocenters. The number of rotatable bonds is 5. The number of hydrogen-bond acceptors (Lipinski definition) is 4. The van der Waals surface area contributed by atoms with Crippen LogP contribution in [0.3, 0.4) is 0 Å². The molecular weight excluding hydrogens is 250 g/mol. The summed E-state index contributed by atoms with van der Waals surface area (Å²) in [5.41, 5.74) is 6.92. The number of nitrogen functional groups attached to an aromatic ring is 1. The summed E-state index contributed by atoms with van der Waals surface area (Å²) in [4.78, 5) is 8.63. The Morgan fingerprint density at radius 3 is 2.75 bits per heavy atom. The van der Waals surface area contributed by atoms with Gasteiger partial charge in [-0.25, -0.2) is 4.98 Å². The van der Waals surface area contributed by atoms with Gasteiger partial charge >= 0.3 is 0 Å². The SMILES string of the molecule is Nc1cc(OC/C=C/c2ccccc2)nc(C2CC2)n1. The number of nitrogens with zero attached hydrogens (tertiary/aromatic N) is 2. The fraction of sp³-hybridized carbons (Fsp3) is 0.250. The van der Waals surface area contributed by atoms with Crippen molar-refractivity contribution in [3.63, 3.8) is 0 Å². The van der Waals surface area contributed by atoms with Crippen molar-refractivity contribution in [3.05, 3.63) is 53.9 Å².